The molecule has 2 aromatic carbocycles. The summed E-state index contributed by atoms with van der Waals surface area (Å²) in [4.78, 5) is 27.5. The van der Waals surface area contributed by atoms with Crippen molar-refractivity contribution in [3.05, 3.63) is 82.9 Å². The fourth-order valence-electron chi connectivity index (χ4n) is 4.70. The maximum Gasteiger partial charge on any atom is 0.416 e. The molecule has 1 atom stereocenters. The number of carbonyl (C=O) groups excluding carboxylic acids is 1. The molecule has 202 valence electrons. The summed E-state index contributed by atoms with van der Waals surface area (Å²) in [7, 11) is 5.75. The number of halogens is 3. The van der Waals surface area contributed by atoms with Gasteiger partial charge >= 0.3 is 6.18 Å². The molecule has 7 nitrogen and oxygen atoms in total. The van der Waals surface area contributed by atoms with E-state index in [9.17, 15) is 18.0 Å². The van der Waals surface area contributed by atoms with E-state index < -0.39 is 17.6 Å². The lowest BCUT2D eigenvalue weighted by molar-refractivity contribution is -0.137. The van der Waals surface area contributed by atoms with E-state index in [1.54, 1.807) is 24.5 Å². The molecule has 1 unspecified atom stereocenters. The summed E-state index contributed by atoms with van der Waals surface area (Å²) < 4.78 is 41.0. The van der Waals surface area contributed by atoms with Gasteiger partial charge in [0.05, 0.1) is 23.6 Å². The molecule has 10 heteroatoms. The number of nitrogens with one attached hydrogen (secondary N) is 1. The van der Waals surface area contributed by atoms with Gasteiger partial charge < -0.3 is 20.0 Å². The van der Waals surface area contributed by atoms with Crippen molar-refractivity contribution in [3.63, 3.8) is 0 Å². The van der Waals surface area contributed by atoms with E-state index in [-0.39, 0.29) is 11.6 Å². The second-order valence-corrected chi connectivity index (χ2v) is 10.2. The average Bonchev–Trinajstić information content (AvgIpc) is 2.87. The lowest BCUT2D eigenvalue weighted by atomic mass is 9.89. The zero-order valence-corrected chi connectivity index (χ0v) is 22.1. The van der Waals surface area contributed by atoms with Gasteiger partial charge in [0.15, 0.2) is 0 Å². The van der Waals surface area contributed by atoms with Crippen LogP contribution in [-0.2, 0) is 19.3 Å². The molecular weight excluding hydrogens is 493 g/mol. The van der Waals surface area contributed by atoms with Crippen LogP contribution in [0.25, 0.3) is 0 Å². The molecule has 3 aromatic rings. The van der Waals surface area contributed by atoms with E-state index >= 15 is 0 Å². The Bertz CT molecular complexity index is 1270. The van der Waals surface area contributed by atoms with Crippen molar-refractivity contribution in [3.8, 4) is 0 Å². The van der Waals surface area contributed by atoms with Crippen LogP contribution in [0.4, 0.5) is 24.5 Å². The van der Waals surface area contributed by atoms with Crippen molar-refractivity contribution >= 4 is 17.3 Å². The van der Waals surface area contributed by atoms with Crippen LogP contribution >= 0.6 is 0 Å². The molecule has 2 heterocycles. The minimum atomic E-state index is -4.52. The van der Waals surface area contributed by atoms with Gasteiger partial charge in [0, 0.05) is 44.0 Å². The first kappa shape index (κ1) is 27.5. The van der Waals surface area contributed by atoms with E-state index in [1.807, 2.05) is 43.1 Å². The monoisotopic (exact) mass is 526 g/mol. The average molecular weight is 527 g/mol. The highest BCUT2D eigenvalue weighted by Crippen LogP contribution is 2.34. The summed E-state index contributed by atoms with van der Waals surface area (Å²) in [6.07, 6.45) is 0.466. The number of anilines is 2. The van der Waals surface area contributed by atoms with Crippen molar-refractivity contribution in [2.75, 3.05) is 51.0 Å². The normalized spacial score (nSPS) is 15.6. The second kappa shape index (κ2) is 11.5. The standard InChI is InChI=1S/C28H33F3N6O/c1-19-15-37(25-13-32-18-33-14-25)17-22-11-21(5-6-26(19)22)27(38)34-24-10-20(9-23(12-24)28(29,30)31)16-36(4)8-7-35(2)3/h5-6,9-14,18-19H,7-8,15-17H2,1-4H3,(H,34,38). The topological polar surface area (TPSA) is 64.6 Å². The molecule has 0 saturated carbocycles. The first-order chi connectivity index (χ1) is 18.0. The van der Waals surface area contributed by atoms with Crippen molar-refractivity contribution in [2.45, 2.75) is 32.1 Å². The highest BCUT2D eigenvalue weighted by molar-refractivity contribution is 6.04. The molecule has 38 heavy (non-hydrogen) atoms. The van der Waals surface area contributed by atoms with E-state index in [0.29, 0.717) is 30.8 Å². The van der Waals surface area contributed by atoms with Crippen LogP contribution in [0.1, 0.15) is 45.5 Å². The number of nitrogens with zero attached hydrogens (tertiary/aromatic N) is 5. The molecule has 1 N–H and O–H groups in total. The fraction of sp³-hybridized carbons (Fsp3) is 0.393. The van der Waals surface area contributed by atoms with Crippen LogP contribution in [0.15, 0.2) is 55.1 Å². The quantitative estimate of drug-likeness (QED) is 0.452. The molecule has 1 aliphatic rings. The Morgan fingerprint density at radius 2 is 1.82 bits per heavy atom. The van der Waals surface area contributed by atoms with Crippen LogP contribution in [-0.4, -0.2) is 66.5 Å². The van der Waals surface area contributed by atoms with Crippen LogP contribution in [0.5, 0.6) is 0 Å². The Balaban J connectivity index is 1.55. The van der Waals surface area contributed by atoms with Crippen LogP contribution in [0.3, 0.4) is 0 Å². The number of alkyl halides is 3. The van der Waals surface area contributed by atoms with Gasteiger partial charge in [0.25, 0.3) is 5.91 Å². The van der Waals surface area contributed by atoms with Gasteiger partial charge in [-0.15, -0.1) is 0 Å². The van der Waals surface area contributed by atoms with E-state index in [4.69, 9.17) is 0 Å². The predicted octanol–water partition coefficient (Wildman–Crippen LogP) is 4.86. The summed E-state index contributed by atoms with van der Waals surface area (Å²) in [5, 5.41) is 2.70. The number of amides is 1. The van der Waals surface area contributed by atoms with Gasteiger partial charge in [-0.2, -0.15) is 13.2 Å². The smallest absolute Gasteiger partial charge is 0.364 e. The van der Waals surface area contributed by atoms with E-state index in [0.717, 1.165) is 42.0 Å². The molecule has 0 saturated heterocycles. The molecule has 0 spiro atoms. The largest absolute Gasteiger partial charge is 0.416 e. The third-order valence-corrected chi connectivity index (χ3v) is 6.66. The minimum absolute atomic E-state index is 0.120. The van der Waals surface area contributed by atoms with Gasteiger partial charge in [0.1, 0.15) is 6.33 Å². The molecule has 1 aromatic heterocycles. The number of benzene rings is 2. The summed E-state index contributed by atoms with van der Waals surface area (Å²) in [6, 6.07) is 9.22. The molecule has 0 fully saturated rings. The number of hydrogen-bond donors (Lipinski definition) is 1. The van der Waals surface area contributed by atoms with Gasteiger partial charge in [-0.25, -0.2) is 9.97 Å². The summed E-state index contributed by atoms with van der Waals surface area (Å²) in [6.45, 7) is 5.31. The van der Waals surface area contributed by atoms with Crippen molar-refractivity contribution in [2.24, 2.45) is 0 Å². The SMILES string of the molecule is CC1CN(c2cncnc2)Cc2cc(C(=O)Nc3cc(CN(C)CCN(C)C)cc(C(F)(F)F)c3)ccc21. The number of fused-ring (bicyclic) bond motifs is 1. The number of rotatable bonds is 8. The van der Waals surface area contributed by atoms with Crippen LogP contribution < -0.4 is 10.2 Å². The third kappa shape index (κ3) is 6.87. The molecule has 1 amide bonds. The van der Waals surface area contributed by atoms with E-state index in [1.165, 1.54) is 6.33 Å². The maximum absolute atomic E-state index is 13.7. The van der Waals surface area contributed by atoms with Gasteiger partial charge in [0.2, 0.25) is 0 Å². The molecule has 0 radical (unpaired) electrons. The Morgan fingerprint density at radius 1 is 1.08 bits per heavy atom. The van der Waals surface area contributed by atoms with Gasteiger partial charge in [-0.05, 0) is 74.1 Å². The lowest BCUT2D eigenvalue weighted by Crippen LogP contribution is -2.33. The maximum atomic E-state index is 13.7. The van der Waals surface area contributed by atoms with Gasteiger partial charge in [-0.1, -0.05) is 13.0 Å². The molecule has 0 bridgehead atoms. The minimum Gasteiger partial charge on any atom is -0.364 e. The zero-order valence-electron chi connectivity index (χ0n) is 22.1. The summed E-state index contributed by atoms with van der Waals surface area (Å²) >= 11 is 0. The fourth-order valence-corrected chi connectivity index (χ4v) is 4.70. The third-order valence-electron chi connectivity index (χ3n) is 6.66. The van der Waals surface area contributed by atoms with Crippen LogP contribution in [0.2, 0.25) is 0 Å². The highest BCUT2D eigenvalue weighted by atomic mass is 19.4. The van der Waals surface area contributed by atoms with Crippen molar-refractivity contribution in [1.29, 1.82) is 0 Å². The lowest BCUT2D eigenvalue weighted by Gasteiger charge is -2.34. The second-order valence-electron chi connectivity index (χ2n) is 10.2. The van der Waals surface area contributed by atoms with Crippen LogP contribution in [0, 0.1) is 0 Å². The van der Waals surface area contributed by atoms with Crippen molar-refractivity contribution in [1.82, 2.24) is 19.8 Å². The molecule has 4 rings (SSSR count). The number of likely N-dealkylation sites (N-methyl/N-ethyl adjacent to an activating group) is 2. The van der Waals surface area contributed by atoms with Crippen molar-refractivity contribution < 1.29 is 18.0 Å². The number of hydrogen-bond acceptors (Lipinski definition) is 6. The van der Waals surface area contributed by atoms with Gasteiger partial charge in [-0.3, -0.25) is 4.79 Å². The summed E-state index contributed by atoms with van der Waals surface area (Å²) in [5.74, 6) is -0.224. The predicted molar refractivity (Wildman–Crippen MR) is 142 cm³/mol. The first-order valence-corrected chi connectivity index (χ1v) is 12.5. The highest BCUT2D eigenvalue weighted by Gasteiger charge is 2.31. The Morgan fingerprint density at radius 3 is 2.50 bits per heavy atom. The number of aromatic nitrogens is 2. The van der Waals surface area contributed by atoms with E-state index in [2.05, 4.69) is 27.1 Å². The molecule has 0 aliphatic carbocycles. The number of carbonyl (C=O) groups is 1. The summed E-state index contributed by atoms with van der Waals surface area (Å²) in [5.41, 5.74) is 3.25. The molecule has 1 aliphatic heterocycles. The first-order valence-electron chi connectivity index (χ1n) is 12.5. The zero-order chi connectivity index (χ0) is 27.4. The Labute approximate surface area is 221 Å². The molecular formula is C28H33F3N6O. The Kier molecular flexibility index (Phi) is 8.32. The Hall–Kier alpha value is -3.50.